The maximum absolute atomic E-state index is 10.5. The van der Waals surface area contributed by atoms with E-state index in [2.05, 4.69) is 6.58 Å². The Morgan fingerprint density at radius 3 is 2.33 bits per heavy atom. The van der Waals surface area contributed by atoms with Gasteiger partial charge < -0.3 is 0 Å². The van der Waals surface area contributed by atoms with Gasteiger partial charge in [-0.25, -0.2) is 0 Å². The molecule has 0 aliphatic carbocycles. The molecular formula is C7H9NO. The number of nitrogens with zero attached hydrogens (tertiary/aromatic N) is 1. The molecule has 0 saturated carbocycles. The van der Waals surface area contributed by atoms with Crippen molar-refractivity contribution in [3.8, 4) is 6.07 Å². The summed E-state index contributed by atoms with van der Waals surface area (Å²) in [4.78, 5) is 10.5. The molecule has 0 amide bonds. The van der Waals surface area contributed by atoms with Crippen molar-refractivity contribution in [3.63, 3.8) is 0 Å². The quantitative estimate of drug-likeness (QED) is 0.410. The van der Waals surface area contributed by atoms with Gasteiger partial charge in [-0.3, -0.25) is 4.79 Å². The van der Waals surface area contributed by atoms with Crippen LogP contribution >= 0.6 is 0 Å². The first kappa shape index (κ1) is 7.90. The fourth-order valence-electron chi connectivity index (χ4n) is 0.321. The van der Waals surface area contributed by atoms with Crippen LogP contribution in [-0.2, 0) is 4.79 Å². The Morgan fingerprint density at radius 2 is 2.22 bits per heavy atom. The van der Waals surface area contributed by atoms with Gasteiger partial charge in [0.25, 0.3) is 0 Å². The first-order valence-electron chi connectivity index (χ1n) is 2.69. The molecule has 0 spiro atoms. The van der Waals surface area contributed by atoms with Gasteiger partial charge in [-0.1, -0.05) is 19.1 Å². The van der Waals surface area contributed by atoms with Crippen LogP contribution in [-0.4, -0.2) is 5.78 Å². The lowest BCUT2D eigenvalue weighted by Gasteiger charge is -2.01. The van der Waals surface area contributed by atoms with Gasteiger partial charge in [0.05, 0.1) is 0 Å². The maximum Gasteiger partial charge on any atom is 0.238 e. The second-order valence-corrected chi connectivity index (χ2v) is 2.04. The van der Waals surface area contributed by atoms with Crippen LogP contribution in [0, 0.1) is 17.2 Å². The summed E-state index contributed by atoms with van der Waals surface area (Å²) in [6.45, 7) is 6.96. The zero-order valence-corrected chi connectivity index (χ0v) is 5.64. The smallest absolute Gasteiger partial charge is 0.238 e. The molecule has 0 saturated heterocycles. The first-order valence-corrected chi connectivity index (χ1v) is 2.69. The van der Waals surface area contributed by atoms with Crippen LogP contribution < -0.4 is 0 Å². The lowest BCUT2D eigenvalue weighted by molar-refractivity contribution is -0.116. The van der Waals surface area contributed by atoms with Crippen molar-refractivity contribution in [2.75, 3.05) is 0 Å². The van der Waals surface area contributed by atoms with Crippen molar-refractivity contribution in [1.29, 1.82) is 5.26 Å². The van der Waals surface area contributed by atoms with Crippen molar-refractivity contribution in [3.05, 3.63) is 12.2 Å². The minimum atomic E-state index is -0.414. The van der Waals surface area contributed by atoms with E-state index in [-0.39, 0.29) is 5.92 Å². The lowest BCUT2D eigenvalue weighted by Crippen LogP contribution is -2.08. The Balaban J connectivity index is 4.08. The van der Waals surface area contributed by atoms with Gasteiger partial charge in [0.2, 0.25) is 5.78 Å². The zero-order chi connectivity index (χ0) is 7.44. The van der Waals surface area contributed by atoms with E-state index in [1.807, 2.05) is 0 Å². The maximum atomic E-state index is 10.5. The number of rotatable bonds is 2. The zero-order valence-electron chi connectivity index (χ0n) is 5.64. The molecule has 0 fully saturated rings. The average Bonchev–Trinajstić information content (AvgIpc) is 1.84. The second-order valence-electron chi connectivity index (χ2n) is 2.04. The Kier molecular flexibility index (Phi) is 2.66. The van der Waals surface area contributed by atoms with E-state index >= 15 is 0 Å². The minimum Gasteiger partial charge on any atom is -0.282 e. The van der Waals surface area contributed by atoms with Gasteiger partial charge in [0.15, 0.2) is 0 Å². The number of ketones is 1. The summed E-state index contributed by atoms with van der Waals surface area (Å²) in [6, 6.07) is 1.55. The van der Waals surface area contributed by atoms with Crippen LogP contribution in [0.3, 0.4) is 0 Å². The van der Waals surface area contributed by atoms with Crippen LogP contribution in [0.4, 0.5) is 0 Å². The molecule has 0 radical (unpaired) electrons. The van der Waals surface area contributed by atoms with Gasteiger partial charge >= 0.3 is 0 Å². The van der Waals surface area contributed by atoms with Crippen molar-refractivity contribution >= 4 is 5.78 Å². The van der Waals surface area contributed by atoms with Crippen LogP contribution in [0.25, 0.3) is 0 Å². The van der Waals surface area contributed by atoms with E-state index in [4.69, 9.17) is 5.26 Å². The third-order valence-electron chi connectivity index (χ3n) is 1.24. The van der Waals surface area contributed by atoms with Crippen LogP contribution in [0.5, 0.6) is 0 Å². The third kappa shape index (κ3) is 2.09. The number of carbonyl (C=O) groups is 1. The van der Waals surface area contributed by atoms with Gasteiger partial charge in [-0.05, 0) is 6.92 Å². The fraction of sp³-hybridized carbons (Fsp3) is 0.429. The fourth-order valence-corrected chi connectivity index (χ4v) is 0.321. The molecule has 1 atom stereocenters. The normalized spacial score (nSPS) is 11.7. The molecule has 1 unspecified atom stereocenters. The number of hydrogen-bond donors (Lipinski definition) is 0. The molecule has 9 heavy (non-hydrogen) atoms. The summed E-state index contributed by atoms with van der Waals surface area (Å²) in [6.07, 6.45) is 0. The minimum absolute atomic E-state index is 0.310. The van der Waals surface area contributed by atoms with Crippen molar-refractivity contribution in [2.45, 2.75) is 13.8 Å². The molecule has 0 aromatic rings. The van der Waals surface area contributed by atoms with E-state index in [1.54, 1.807) is 19.9 Å². The van der Waals surface area contributed by atoms with Gasteiger partial charge in [0.1, 0.15) is 6.07 Å². The SMILES string of the molecule is C=C(C)C(C)C(=O)C#N. The van der Waals surface area contributed by atoms with E-state index < -0.39 is 5.78 Å². The molecule has 0 aromatic heterocycles. The molecule has 0 aliphatic heterocycles. The van der Waals surface area contributed by atoms with Crippen molar-refractivity contribution in [2.24, 2.45) is 5.92 Å². The highest BCUT2D eigenvalue weighted by Crippen LogP contribution is 2.06. The molecule has 2 nitrogen and oxygen atoms in total. The predicted octanol–water partition coefficient (Wildman–Crippen LogP) is 1.29. The topological polar surface area (TPSA) is 40.9 Å². The van der Waals surface area contributed by atoms with Crippen LogP contribution in [0.1, 0.15) is 13.8 Å². The summed E-state index contributed by atoms with van der Waals surface area (Å²) in [5.41, 5.74) is 0.738. The van der Waals surface area contributed by atoms with Crippen LogP contribution in [0.2, 0.25) is 0 Å². The highest BCUT2D eigenvalue weighted by molar-refractivity contribution is 5.96. The number of Topliss-reactive ketones (excluding diaryl/α,β-unsaturated/α-hetero) is 1. The van der Waals surface area contributed by atoms with E-state index in [1.165, 1.54) is 0 Å². The largest absolute Gasteiger partial charge is 0.282 e. The summed E-state index contributed by atoms with van der Waals surface area (Å²) >= 11 is 0. The van der Waals surface area contributed by atoms with Gasteiger partial charge in [-0.2, -0.15) is 5.26 Å². The van der Waals surface area contributed by atoms with E-state index in [0.717, 1.165) is 5.57 Å². The van der Waals surface area contributed by atoms with E-state index in [0.29, 0.717) is 0 Å². The Hall–Kier alpha value is -1.10. The van der Waals surface area contributed by atoms with Gasteiger partial charge in [0, 0.05) is 5.92 Å². The summed E-state index contributed by atoms with van der Waals surface area (Å²) in [7, 11) is 0. The summed E-state index contributed by atoms with van der Waals surface area (Å²) < 4.78 is 0. The number of nitriles is 1. The number of allylic oxidation sites excluding steroid dienone is 1. The predicted molar refractivity (Wildman–Crippen MR) is 34.6 cm³/mol. The molecule has 0 aliphatic rings. The summed E-state index contributed by atoms with van der Waals surface area (Å²) in [5.74, 6) is -0.725. The molecule has 0 bridgehead atoms. The molecule has 2 heteroatoms. The van der Waals surface area contributed by atoms with Crippen molar-refractivity contribution < 1.29 is 4.79 Å². The number of hydrogen-bond acceptors (Lipinski definition) is 2. The average molecular weight is 123 g/mol. The molecule has 0 rings (SSSR count). The number of carbonyl (C=O) groups excluding carboxylic acids is 1. The third-order valence-corrected chi connectivity index (χ3v) is 1.24. The first-order chi connectivity index (χ1) is 4.09. The lowest BCUT2D eigenvalue weighted by atomic mass is 10.0. The standard InChI is InChI=1S/C7H9NO/c1-5(2)6(3)7(9)4-8/h6H,1H2,2-3H3. The van der Waals surface area contributed by atoms with E-state index in [9.17, 15) is 4.79 Å². The van der Waals surface area contributed by atoms with Crippen LogP contribution in [0.15, 0.2) is 12.2 Å². The molecule has 0 heterocycles. The second kappa shape index (κ2) is 3.03. The molecule has 0 aromatic carbocycles. The highest BCUT2D eigenvalue weighted by atomic mass is 16.1. The molecule has 0 N–H and O–H groups in total. The molecular weight excluding hydrogens is 114 g/mol. The Morgan fingerprint density at radius 1 is 1.78 bits per heavy atom. The highest BCUT2D eigenvalue weighted by Gasteiger charge is 2.10. The monoisotopic (exact) mass is 123 g/mol. The van der Waals surface area contributed by atoms with Crippen molar-refractivity contribution in [1.82, 2.24) is 0 Å². The molecule has 48 valence electrons. The summed E-state index contributed by atoms with van der Waals surface area (Å²) in [5, 5.41) is 8.11. The Bertz CT molecular complexity index is 176. The Labute approximate surface area is 54.8 Å². The van der Waals surface area contributed by atoms with Gasteiger partial charge in [-0.15, -0.1) is 0 Å².